The fraction of sp³-hybridized carbons (Fsp3) is 0.766. The first-order valence-electron chi connectivity index (χ1n) is 41.5. The first-order chi connectivity index (χ1) is 52.5. The van der Waals surface area contributed by atoms with Gasteiger partial charge >= 0.3 is 36.2 Å². The van der Waals surface area contributed by atoms with E-state index in [9.17, 15) is 0 Å². The summed E-state index contributed by atoms with van der Waals surface area (Å²) in [6.07, 6.45) is 26.0. The number of hydrogen-bond donors (Lipinski definition) is 0. The topological polar surface area (TPSA) is 222 Å². The minimum absolute atomic E-state index is 0.116. The number of para-hydroxylation sites is 3. The third-order valence-corrected chi connectivity index (χ3v) is 32.2. The number of hydrogen-bond acceptors (Lipinski definition) is 24. The van der Waals surface area contributed by atoms with Crippen molar-refractivity contribution in [2.75, 3.05) is 28.4 Å². The summed E-state index contributed by atoms with van der Waals surface area (Å²) in [6.45, 7) is 47.2. The van der Waals surface area contributed by atoms with Crippen molar-refractivity contribution in [2.24, 2.45) is 0 Å². The van der Waals surface area contributed by atoms with Gasteiger partial charge in [0.25, 0.3) is 6.48 Å². The Labute approximate surface area is 695 Å². The van der Waals surface area contributed by atoms with Crippen molar-refractivity contribution < 1.29 is 106 Å². The van der Waals surface area contributed by atoms with Crippen LogP contribution in [0.5, 0.6) is 17.2 Å². The molecule has 36 heteroatoms. The molecule has 0 spiro atoms. The molecule has 5 aliphatic rings. The van der Waals surface area contributed by atoms with Gasteiger partial charge in [-0.1, -0.05) is 132 Å². The maximum Gasteiger partial charge on any atom is 0.896 e. The SMILES string of the molecule is CO[Si](OC)(OC)OC(O[Si](C)(C)C)O[Si](C)(C)C.CO[Si](OC1CC1)(OC1CC1)OC(O[Si](C)(C)C)O[Si](C)(C)C.C[Si](C)(C)OC(O[Si](C)(C)C)O[Si](OC1CCCCCC1)(OC1CCCCCC1)OC1CCCCCC1.C[Si](C)(C)OC(O[Si](C)(C)C)O[Si](Oc1ccccc1)(Oc1ccccc1)Oc1ccccc1. The quantitative estimate of drug-likeness (QED) is 0.0292. The summed E-state index contributed by atoms with van der Waals surface area (Å²) in [7, 11) is -23.4. The largest absolute Gasteiger partial charge is 0.896 e. The molecule has 5 saturated carbocycles. The molecule has 24 nitrogen and oxygen atoms in total. The van der Waals surface area contributed by atoms with Gasteiger partial charge in [0.05, 0.1) is 30.5 Å². The Hall–Kier alpha value is -1.18. The summed E-state index contributed by atoms with van der Waals surface area (Å²) in [5.74, 6) is 1.67. The lowest BCUT2D eigenvalue weighted by Crippen LogP contribution is -2.61. The van der Waals surface area contributed by atoms with Crippen molar-refractivity contribution >= 4 is 103 Å². The van der Waals surface area contributed by atoms with E-state index < -0.39 is 129 Å². The van der Waals surface area contributed by atoms with E-state index in [0.29, 0.717) is 17.2 Å². The molecule has 0 radical (unpaired) electrons. The Morgan fingerprint density at radius 3 is 0.575 bits per heavy atom. The van der Waals surface area contributed by atoms with Gasteiger partial charge in [-0.25, -0.2) is 0 Å². The first kappa shape index (κ1) is 102. The van der Waals surface area contributed by atoms with Gasteiger partial charge in [-0.2, -0.15) is 0 Å². The van der Waals surface area contributed by atoms with Crippen LogP contribution in [0.3, 0.4) is 0 Å². The minimum Gasteiger partial charge on any atom is -0.462 e. The van der Waals surface area contributed by atoms with Crippen LogP contribution < -0.4 is 13.3 Å². The first-order valence-corrected chi connectivity index (χ1v) is 75.3. The predicted molar refractivity (Wildman–Crippen MR) is 473 cm³/mol. The van der Waals surface area contributed by atoms with Gasteiger partial charge in [-0.15, -0.1) is 0 Å². The highest BCUT2D eigenvalue weighted by atomic mass is 28.4. The maximum absolute atomic E-state index is 7.05. The molecule has 652 valence electrons. The van der Waals surface area contributed by atoms with Crippen LogP contribution in [0.25, 0.3) is 0 Å². The van der Waals surface area contributed by atoms with E-state index >= 15 is 0 Å². The monoisotopic (exact) mass is 1800 g/mol. The molecule has 0 aromatic heterocycles. The Morgan fingerprint density at radius 2 is 0.381 bits per heavy atom. The van der Waals surface area contributed by atoms with Gasteiger partial charge in [0.15, 0.2) is 66.5 Å². The average Bonchev–Trinajstić information content (AvgIpc) is 1.80. The lowest BCUT2D eigenvalue weighted by molar-refractivity contribution is -0.218. The van der Waals surface area contributed by atoms with Crippen molar-refractivity contribution in [2.45, 2.75) is 355 Å². The molecule has 8 rings (SSSR count). The van der Waals surface area contributed by atoms with E-state index in [2.05, 4.69) is 157 Å². The second-order valence-electron chi connectivity index (χ2n) is 37.4. The molecule has 0 amide bonds. The fourth-order valence-corrected chi connectivity index (χ4v) is 25.6. The molecule has 113 heavy (non-hydrogen) atoms. The predicted octanol–water partition coefficient (Wildman–Crippen LogP) is 21.1. The molecular formula is C77H152O24Si12. The van der Waals surface area contributed by atoms with Crippen LogP contribution in [0.1, 0.15) is 141 Å². The molecule has 0 unspecified atom stereocenters. The Bertz CT molecular complexity index is 2770. The van der Waals surface area contributed by atoms with Crippen molar-refractivity contribution in [3.8, 4) is 17.2 Å². The summed E-state index contributed by atoms with van der Waals surface area (Å²) in [6, 6.07) is 28.1. The summed E-state index contributed by atoms with van der Waals surface area (Å²) in [5.41, 5.74) is 0. The van der Waals surface area contributed by atoms with Crippen molar-refractivity contribution in [1.82, 2.24) is 0 Å². The molecule has 0 aliphatic heterocycles. The van der Waals surface area contributed by atoms with Crippen LogP contribution >= 0.6 is 0 Å². The molecule has 0 N–H and O–H groups in total. The minimum atomic E-state index is -3.99. The van der Waals surface area contributed by atoms with Crippen LogP contribution in [-0.4, -0.2) is 188 Å². The van der Waals surface area contributed by atoms with E-state index in [0.717, 1.165) is 64.2 Å². The van der Waals surface area contributed by atoms with Crippen molar-refractivity contribution in [3.05, 3.63) is 91.0 Å². The lowest BCUT2D eigenvalue weighted by Gasteiger charge is -2.40. The molecule has 5 aliphatic carbocycles. The Balaban J connectivity index is 0.000000278. The van der Waals surface area contributed by atoms with Gasteiger partial charge in [-0.3, -0.25) is 4.43 Å². The maximum atomic E-state index is 7.05. The van der Waals surface area contributed by atoms with Gasteiger partial charge in [0.1, 0.15) is 17.2 Å². The molecule has 3 aromatic carbocycles. The van der Waals surface area contributed by atoms with Gasteiger partial charge < -0.3 is 102 Å². The van der Waals surface area contributed by atoms with E-state index in [1.165, 1.54) is 98.4 Å². The Morgan fingerprint density at radius 1 is 0.204 bits per heavy atom. The van der Waals surface area contributed by atoms with E-state index in [4.69, 9.17) is 106 Å². The molecule has 0 bridgehead atoms. The fourth-order valence-electron chi connectivity index (χ4n) is 11.4. The molecule has 0 atom stereocenters. The number of benzene rings is 3. The van der Waals surface area contributed by atoms with Crippen LogP contribution in [0.4, 0.5) is 0 Å². The van der Waals surface area contributed by atoms with Gasteiger partial charge in [0, 0.05) is 28.4 Å². The lowest BCUT2D eigenvalue weighted by atomic mass is 10.2. The zero-order valence-corrected chi connectivity index (χ0v) is 86.7. The summed E-state index contributed by atoms with van der Waals surface area (Å²) in [4.78, 5) is 0. The molecule has 3 aromatic rings. The van der Waals surface area contributed by atoms with Crippen LogP contribution in [0.2, 0.25) is 157 Å². The van der Waals surface area contributed by atoms with E-state index in [1.807, 2.05) is 91.0 Å². The highest BCUT2D eigenvalue weighted by molar-refractivity contribution is 6.73. The third kappa shape index (κ3) is 46.6. The normalized spacial score (nSPS) is 17.8. The molecular weight excluding hydrogens is 1650 g/mol. The zero-order chi connectivity index (χ0) is 84.1. The molecule has 0 saturated heterocycles. The number of rotatable bonds is 44. The van der Waals surface area contributed by atoms with E-state index in [-0.39, 0.29) is 30.5 Å². The summed E-state index contributed by atoms with van der Waals surface area (Å²) >= 11 is 0. The molecule has 5 fully saturated rings. The van der Waals surface area contributed by atoms with Gasteiger partial charge in [0.2, 0.25) is 19.4 Å². The van der Waals surface area contributed by atoms with Crippen molar-refractivity contribution in [1.29, 1.82) is 0 Å². The van der Waals surface area contributed by atoms with Crippen LogP contribution in [0.15, 0.2) is 91.0 Å². The van der Waals surface area contributed by atoms with E-state index in [1.54, 1.807) is 7.11 Å². The second kappa shape index (κ2) is 47.5. The van der Waals surface area contributed by atoms with Crippen LogP contribution in [-0.2, 0) is 92.9 Å². The third-order valence-electron chi connectivity index (χ3n) is 16.5. The summed E-state index contributed by atoms with van der Waals surface area (Å²) in [5, 5.41) is 0. The highest BCUT2D eigenvalue weighted by Gasteiger charge is 2.60. The highest BCUT2D eigenvalue weighted by Crippen LogP contribution is 2.38. The van der Waals surface area contributed by atoms with Crippen molar-refractivity contribution in [3.63, 3.8) is 0 Å². The zero-order valence-electron chi connectivity index (χ0n) is 74.7. The Kier molecular flexibility index (Phi) is 43.0. The van der Waals surface area contributed by atoms with Gasteiger partial charge in [-0.05, 0) is 258 Å². The standard InChI is InChI=1S/C28H58O6Si3.C25H34O6Si3.C14H32O6Si3.C10H28O6Si3/c1-35(2,3)32-28(33-36(4,5)6)34-37(29-25-19-13-7-8-14-20-25,30-26-21-15-9-10-16-22-26)31-27-23-17-11-12-18-24-27;1-32(2,3)29-25(30-33(4,5)6)31-34(26-22-16-10-7-11-17-22,27-23-18-12-8-13-19-23)28-24-20-14-9-15-21-24;1-15-23(16-12-8-9-12,17-13-10-11-13)20-14(18-21(2,3)4)19-22(5,6)7;1-11-19(12-2,13-3)16-10(14-17(4,5)6)15-18(7,8)9/h25-28H,7-24H2,1-6H3;7-21,25H,1-6H3;12-14H,8-11H2,1-7H3;10H,1-9H3. The van der Waals surface area contributed by atoms with Crippen LogP contribution in [0, 0.1) is 0 Å². The smallest absolute Gasteiger partial charge is 0.462 e. The average molecular weight is 1800 g/mol. The summed E-state index contributed by atoms with van der Waals surface area (Å²) < 4.78 is 149. The molecule has 0 heterocycles. The second-order valence-corrected chi connectivity index (χ2v) is 81.4.